The van der Waals surface area contributed by atoms with Crippen molar-refractivity contribution in [2.24, 2.45) is 0 Å². The Morgan fingerprint density at radius 3 is 2.74 bits per heavy atom. The summed E-state index contributed by atoms with van der Waals surface area (Å²) in [5, 5.41) is 6.71. The molecule has 0 saturated heterocycles. The summed E-state index contributed by atoms with van der Waals surface area (Å²) in [5.74, 6) is 0.713. The fourth-order valence-electron chi connectivity index (χ4n) is 3.79. The van der Waals surface area contributed by atoms with Crippen molar-refractivity contribution in [2.75, 3.05) is 6.54 Å². The van der Waals surface area contributed by atoms with Crippen molar-refractivity contribution in [1.29, 1.82) is 0 Å². The molecule has 5 nitrogen and oxygen atoms in total. The number of halogens is 1. The molecule has 2 aromatic carbocycles. The molecule has 0 unspecified atom stereocenters. The van der Waals surface area contributed by atoms with Gasteiger partial charge in [0.05, 0.1) is 23.8 Å². The summed E-state index contributed by atoms with van der Waals surface area (Å²) in [5.41, 5.74) is 4.79. The molecule has 3 aromatic heterocycles. The fourth-order valence-corrected chi connectivity index (χ4v) is 5.66. The lowest BCUT2D eigenvalue weighted by Crippen LogP contribution is -2.25. The lowest BCUT2D eigenvalue weighted by atomic mass is 10.1. The van der Waals surface area contributed by atoms with Crippen molar-refractivity contribution < 1.29 is 4.79 Å². The van der Waals surface area contributed by atoms with Crippen LogP contribution in [-0.4, -0.2) is 27.0 Å². The third-order valence-electron chi connectivity index (χ3n) is 5.57. The maximum Gasteiger partial charge on any atom is 0.251 e. The number of pyridine rings is 1. The molecule has 3 heterocycles. The van der Waals surface area contributed by atoms with E-state index in [1.54, 1.807) is 29.3 Å². The maximum atomic E-state index is 12.5. The van der Waals surface area contributed by atoms with E-state index in [1.807, 2.05) is 60.8 Å². The van der Waals surface area contributed by atoms with Crippen LogP contribution >= 0.6 is 34.7 Å². The zero-order valence-electron chi connectivity index (χ0n) is 18.9. The molecule has 1 N–H and O–H groups in total. The van der Waals surface area contributed by atoms with Gasteiger partial charge in [-0.2, -0.15) is 0 Å². The average Bonchev–Trinajstić information content (AvgIpc) is 3.51. The number of amides is 1. The number of benzene rings is 2. The number of rotatable bonds is 9. The number of hydrogen-bond donors (Lipinski definition) is 1. The van der Waals surface area contributed by atoms with Gasteiger partial charge in [0.25, 0.3) is 5.91 Å². The summed E-state index contributed by atoms with van der Waals surface area (Å²) in [6, 6.07) is 21.7. The van der Waals surface area contributed by atoms with Gasteiger partial charge in [0.2, 0.25) is 0 Å². The largest absolute Gasteiger partial charge is 0.352 e. The second-order valence-corrected chi connectivity index (χ2v) is 10.5. The van der Waals surface area contributed by atoms with Gasteiger partial charge in [0.1, 0.15) is 0 Å². The van der Waals surface area contributed by atoms with Crippen molar-refractivity contribution in [3.63, 3.8) is 0 Å². The highest BCUT2D eigenvalue weighted by Crippen LogP contribution is 2.28. The Labute approximate surface area is 217 Å². The Balaban J connectivity index is 1.28. The van der Waals surface area contributed by atoms with Gasteiger partial charge >= 0.3 is 0 Å². The van der Waals surface area contributed by atoms with Crippen LogP contribution in [0.1, 0.15) is 26.4 Å². The zero-order chi connectivity index (χ0) is 24.0. The highest BCUT2D eigenvalue weighted by molar-refractivity contribution is 7.98. The van der Waals surface area contributed by atoms with Gasteiger partial charge in [-0.1, -0.05) is 53.7 Å². The lowest BCUT2D eigenvalue weighted by Gasteiger charge is -2.10. The Kier molecular flexibility index (Phi) is 7.47. The molecular formula is C27H23ClN4OS2. The molecule has 0 saturated carbocycles. The zero-order valence-corrected chi connectivity index (χ0v) is 21.2. The number of nitrogens with zero attached hydrogens (tertiary/aromatic N) is 3. The van der Waals surface area contributed by atoms with Gasteiger partial charge < -0.3 is 9.88 Å². The third-order valence-corrected chi connectivity index (χ3v) is 7.79. The van der Waals surface area contributed by atoms with Crippen molar-refractivity contribution >= 4 is 51.6 Å². The first-order valence-electron chi connectivity index (χ1n) is 11.2. The van der Waals surface area contributed by atoms with Gasteiger partial charge in [-0.15, -0.1) is 11.3 Å². The Hall–Kier alpha value is -3.13. The number of carbonyl (C=O) groups excluding carboxylic acids is 1. The molecule has 0 radical (unpaired) electrons. The summed E-state index contributed by atoms with van der Waals surface area (Å²) in [7, 11) is 0. The van der Waals surface area contributed by atoms with Crippen molar-refractivity contribution in [2.45, 2.75) is 23.9 Å². The highest BCUT2D eigenvalue weighted by Gasteiger charge is 2.13. The van der Waals surface area contributed by atoms with Crippen LogP contribution in [0.2, 0.25) is 5.02 Å². The number of thiophene rings is 1. The molecule has 5 rings (SSSR count). The lowest BCUT2D eigenvalue weighted by molar-refractivity contribution is 0.0954. The Morgan fingerprint density at radius 2 is 1.94 bits per heavy atom. The molecule has 0 atom stereocenters. The molecule has 1 amide bonds. The quantitative estimate of drug-likeness (QED) is 0.227. The van der Waals surface area contributed by atoms with Crippen LogP contribution in [-0.2, 0) is 18.7 Å². The summed E-state index contributed by atoms with van der Waals surface area (Å²) in [6.07, 6.45) is 4.46. The van der Waals surface area contributed by atoms with E-state index < -0.39 is 0 Å². The van der Waals surface area contributed by atoms with E-state index in [0.717, 1.165) is 44.5 Å². The average molecular weight is 519 g/mol. The van der Waals surface area contributed by atoms with Crippen LogP contribution in [0.5, 0.6) is 0 Å². The second-order valence-electron chi connectivity index (χ2n) is 8.05. The van der Waals surface area contributed by atoms with Crippen LogP contribution in [0, 0.1) is 0 Å². The monoisotopic (exact) mass is 518 g/mol. The summed E-state index contributed by atoms with van der Waals surface area (Å²) in [6.45, 7) is 1.27. The summed E-state index contributed by atoms with van der Waals surface area (Å²) < 4.78 is 2.17. The molecule has 0 aliphatic rings. The minimum Gasteiger partial charge on any atom is -0.352 e. The molecule has 0 bridgehead atoms. The Bertz CT molecular complexity index is 1430. The molecule has 0 spiro atoms. The fraction of sp³-hybridized carbons (Fsp3) is 0.148. The third kappa shape index (κ3) is 5.93. The first-order valence-corrected chi connectivity index (χ1v) is 13.5. The molecule has 0 aliphatic carbocycles. The predicted molar refractivity (Wildman–Crippen MR) is 144 cm³/mol. The minimum absolute atomic E-state index is 0.0526. The molecular weight excluding hydrogens is 496 g/mol. The van der Waals surface area contributed by atoms with Crippen molar-refractivity contribution in [3.05, 3.63) is 111 Å². The second kappa shape index (κ2) is 11.1. The van der Waals surface area contributed by atoms with Crippen molar-refractivity contribution in [1.82, 2.24) is 19.9 Å². The minimum atomic E-state index is -0.0526. The summed E-state index contributed by atoms with van der Waals surface area (Å²) >= 11 is 9.53. The standard InChI is InChI=1S/C27H23ClN4OS2/c28-22-4-1-3-20(15-22)18-35-27-31-24-11-12-29-16-25(24)32(27)17-19-6-8-21(9-7-19)26(33)30-13-10-23-5-2-14-34-23/h1-9,11-12,14-16H,10,13,17-18H2,(H,30,33). The van der Waals surface area contributed by atoms with Crippen LogP contribution in [0.25, 0.3) is 11.0 Å². The normalized spacial score (nSPS) is 11.1. The number of nitrogens with one attached hydrogen (secondary N) is 1. The number of fused-ring (bicyclic) bond motifs is 1. The predicted octanol–water partition coefficient (Wildman–Crippen LogP) is 6.46. The van der Waals surface area contributed by atoms with E-state index in [9.17, 15) is 4.79 Å². The number of carbonyl (C=O) groups is 1. The number of thioether (sulfide) groups is 1. The van der Waals surface area contributed by atoms with E-state index in [1.165, 1.54) is 4.88 Å². The van der Waals surface area contributed by atoms with Gasteiger partial charge in [-0.05, 0) is 59.3 Å². The molecule has 0 aliphatic heterocycles. The van der Waals surface area contributed by atoms with Crippen LogP contribution in [0.15, 0.2) is 89.7 Å². The van der Waals surface area contributed by atoms with E-state index in [-0.39, 0.29) is 5.91 Å². The van der Waals surface area contributed by atoms with E-state index in [4.69, 9.17) is 16.6 Å². The molecule has 176 valence electrons. The molecule has 35 heavy (non-hydrogen) atoms. The topological polar surface area (TPSA) is 59.8 Å². The van der Waals surface area contributed by atoms with Crippen molar-refractivity contribution in [3.8, 4) is 0 Å². The Morgan fingerprint density at radius 1 is 1.06 bits per heavy atom. The number of aromatic nitrogens is 3. The first kappa shape index (κ1) is 23.6. The van der Waals surface area contributed by atoms with E-state index >= 15 is 0 Å². The van der Waals surface area contributed by atoms with E-state index in [2.05, 4.69) is 32.4 Å². The van der Waals surface area contributed by atoms with Gasteiger partial charge in [0.15, 0.2) is 5.16 Å². The van der Waals surface area contributed by atoms with Crippen LogP contribution < -0.4 is 5.32 Å². The van der Waals surface area contributed by atoms with Gasteiger partial charge in [-0.25, -0.2) is 4.98 Å². The SMILES string of the molecule is O=C(NCCc1cccs1)c1ccc(Cn2c(SCc3cccc(Cl)c3)nc3ccncc32)cc1. The number of imidazole rings is 1. The maximum absolute atomic E-state index is 12.5. The number of hydrogen-bond acceptors (Lipinski definition) is 5. The molecule has 8 heteroatoms. The van der Waals surface area contributed by atoms with Gasteiger partial charge in [-0.3, -0.25) is 9.78 Å². The molecule has 5 aromatic rings. The smallest absolute Gasteiger partial charge is 0.251 e. The van der Waals surface area contributed by atoms with Crippen LogP contribution in [0.4, 0.5) is 0 Å². The first-order chi connectivity index (χ1) is 17.2. The van der Waals surface area contributed by atoms with Crippen LogP contribution in [0.3, 0.4) is 0 Å². The molecule has 0 fully saturated rings. The highest BCUT2D eigenvalue weighted by atomic mass is 35.5. The summed E-state index contributed by atoms with van der Waals surface area (Å²) in [4.78, 5) is 22.9. The van der Waals surface area contributed by atoms with E-state index in [0.29, 0.717) is 18.7 Å². The van der Waals surface area contributed by atoms with Gasteiger partial charge in [0, 0.05) is 34.0 Å².